The predicted octanol–water partition coefficient (Wildman–Crippen LogP) is 1.67. The summed E-state index contributed by atoms with van der Waals surface area (Å²) in [6, 6.07) is 5.12. The molecule has 5 nitrogen and oxygen atoms in total. The summed E-state index contributed by atoms with van der Waals surface area (Å²) in [4.78, 5) is 23.5. The van der Waals surface area contributed by atoms with Crippen LogP contribution in [-0.4, -0.2) is 31.3 Å². The van der Waals surface area contributed by atoms with Gasteiger partial charge in [0.15, 0.2) is 0 Å². The number of rotatable bonds is 6. The molecule has 0 fully saturated rings. The molecule has 1 rings (SSSR count). The van der Waals surface area contributed by atoms with Crippen LogP contribution in [0.4, 0.5) is 5.69 Å². The maximum absolute atomic E-state index is 11.7. The average molecular weight is 282 g/mol. The Bertz CT molecular complexity index is 463. The highest BCUT2D eigenvalue weighted by molar-refractivity contribution is 7.99. The number of nitrogens with one attached hydrogen (secondary N) is 1. The van der Waals surface area contributed by atoms with Gasteiger partial charge in [-0.2, -0.15) is 0 Å². The second-order valence-electron chi connectivity index (χ2n) is 3.79. The number of anilines is 1. The van der Waals surface area contributed by atoms with Crippen LogP contribution in [0.2, 0.25) is 0 Å². The second-order valence-corrected chi connectivity index (χ2v) is 4.92. The quantitative estimate of drug-likeness (QED) is 0.471. The Hall–Kier alpha value is -1.69. The van der Waals surface area contributed by atoms with Gasteiger partial charge in [0, 0.05) is 28.4 Å². The van der Waals surface area contributed by atoms with Crippen molar-refractivity contribution in [3.8, 4) is 0 Å². The summed E-state index contributed by atoms with van der Waals surface area (Å²) < 4.78 is 4.56. The summed E-state index contributed by atoms with van der Waals surface area (Å²) in [5.41, 5.74) is 7.01. The normalized spacial score (nSPS) is 10.0. The smallest absolute Gasteiger partial charge is 0.306 e. The van der Waals surface area contributed by atoms with Crippen LogP contribution in [0.15, 0.2) is 23.1 Å². The summed E-state index contributed by atoms with van der Waals surface area (Å²) in [7, 11) is 1.36. The van der Waals surface area contributed by atoms with Crippen molar-refractivity contribution in [1.82, 2.24) is 5.32 Å². The largest absolute Gasteiger partial charge is 0.469 e. The van der Waals surface area contributed by atoms with Crippen molar-refractivity contribution in [2.75, 3.05) is 25.1 Å². The highest BCUT2D eigenvalue weighted by Crippen LogP contribution is 2.26. The maximum Gasteiger partial charge on any atom is 0.306 e. The number of carbonyl (C=O) groups is 2. The minimum atomic E-state index is -0.258. The van der Waals surface area contributed by atoms with Gasteiger partial charge in [-0.1, -0.05) is 0 Å². The molecule has 0 radical (unpaired) electrons. The van der Waals surface area contributed by atoms with Crippen molar-refractivity contribution in [1.29, 1.82) is 0 Å². The second kappa shape index (κ2) is 7.68. The molecule has 6 heteroatoms. The molecule has 19 heavy (non-hydrogen) atoms. The lowest BCUT2D eigenvalue weighted by Crippen LogP contribution is -2.22. The summed E-state index contributed by atoms with van der Waals surface area (Å²) in [5.74, 6) is 0.179. The lowest BCUT2D eigenvalue weighted by Gasteiger charge is -2.08. The van der Waals surface area contributed by atoms with Gasteiger partial charge in [-0.05, 0) is 25.1 Å². The van der Waals surface area contributed by atoms with Crippen molar-refractivity contribution < 1.29 is 14.3 Å². The van der Waals surface area contributed by atoms with Crippen LogP contribution >= 0.6 is 11.8 Å². The Balaban J connectivity index is 2.69. The minimum absolute atomic E-state index is 0.127. The number of esters is 1. The third-order valence-corrected chi connectivity index (χ3v) is 3.48. The number of hydrogen-bond donors (Lipinski definition) is 2. The molecule has 1 aromatic carbocycles. The number of nitrogen functional groups attached to an aromatic ring is 1. The molecule has 0 spiro atoms. The van der Waals surface area contributed by atoms with Gasteiger partial charge >= 0.3 is 5.97 Å². The third-order valence-electron chi connectivity index (χ3n) is 2.40. The number of amides is 1. The highest BCUT2D eigenvalue weighted by Gasteiger charge is 2.09. The Morgan fingerprint density at radius 3 is 2.79 bits per heavy atom. The van der Waals surface area contributed by atoms with Crippen molar-refractivity contribution in [2.45, 2.75) is 18.2 Å². The zero-order valence-corrected chi connectivity index (χ0v) is 11.9. The number of methoxy groups -OCH3 is 1. The average Bonchev–Trinajstić information content (AvgIpc) is 2.40. The van der Waals surface area contributed by atoms with Gasteiger partial charge < -0.3 is 15.8 Å². The van der Waals surface area contributed by atoms with E-state index in [0.29, 0.717) is 30.0 Å². The molecule has 0 saturated carbocycles. The fourth-order valence-electron chi connectivity index (χ4n) is 1.41. The SMILES string of the molecule is CCNC(=O)c1ccc(N)c(SCCC(=O)OC)c1. The number of carbonyl (C=O) groups excluding carboxylic acids is 2. The van der Waals surface area contributed by atoms with Gasteiger partial charge in [-0.3, -0.25) is 9.59 Å². The molecule has 0 aliphatic carbocycles. The minimum Gasteiger partial charge on any atom is -0.469 e. The van der Waals surface area contributed by atoms with E-state index in [1.165, 1.54) is 18.9 Å². The standard InChI is InChI=1S/C13H18N2O3S/c1-3-15-13(17)9-4-5-10(14)11(8-9)19-7-6-12(16)18-2/h4-5,8H,3,6-7,14H2,1-2H3,(H,15,17). The lowest BCUT2D eigenvalue weighted by molar-refractivity contribution is -0.140. The van der Waals surface area contributed by atoms with Crippen LogP contribution in [0, 0.1) is 0 Å². The molecular weight excluding hydrogens is 264 g/mol. The monoisotopic (exact) mass is 282 g/mol. The zero-order valence-electron chi connectivity index (χ0n) is 11.1. The summed E-state index contributed by atoms with van der Waals surface area (Å²) in [5, 5.41) is 2.73. The van der Waals surface area contributed by atoms with Crippen LogP contribution in [0.1, 0.15) is 23.7 Å². The molecule has 0 heterocycles. The summed E-state index contributed by atoms with van der Waals surface area (Å²) >= 11 is 1.43. The first-order chi connectivity index (χ1) is 9.08. The molecule has 0 aliphatic heterocycles. The first-order valence-electron chi connectivity index (χ1n) is 5.95. The summed E-state index contributed by atoms with van der Waals surface area (Å²) in [6.07, 6.45) is 0.311. The van der Waals surface area contributed by atoms with Gasteiger partial charge in [0.2, 0.25) is 0 Å². The molecule has 104 valence electrons. The van der Waals surface area contributed by atoms with Gasteiger partial charge in [0.05, 0.1) is 13.5 Å². The Kier molecular flexibility index (Phi) is 6.21. The van der Waals surface area contributed by atoms with Crippen LogP contribution in [-0.2, 0) is 9.53 Å². The molecular formula is C13H18N2O3S. The number of nitrogens with two attached hydrogens (primary N) is 1. The van der Waals surface area contributed by atoms with Crippen molar-refractivity contribution >= 4 is 29.3 Å². The molecule has 0 saturated heterocycles. The Labute approximate surface area is 116 Å². The van der Waals surface area contributed by atoms with Crippen molar-refractivity contribution in [3.63, 3.8) is 0 Å². The Morgan fingerprint density at radius 2 is 2.16 bits per heavy atom. The number of hydrogen-bond acceptors (Lipinski definition) is 5. The predicted molar refractivity (Wildman–Crippen MR) is 76.2 cm³/mol. The van der Waals surface area contributed by atoms with E-state index in [9.17, 15) is 9.59 Å². The van der Waals surface area contributed by atoms with Crippen LogP contribution in [0.3, 0.4) is 0 Å². The van der Waals surface area contributed by atoms with Gasteiger partial charge in [0.1, 0.15) is 0 Å². The molecule has 0 atom stereocenters. The topological polar surface area (TPSA) is 81.4 Å². The molecule has 0 bridgehead atoms. The van der Waals surface area contributed by atoms with E-state index in [4.69, 9.17) is 5.73 Å². The highest BCUT2D eigenvalue weighted by atomic mass is 32.2. The van der Waals surface area contributed by atoms with Crippen LogP contribution in [0.25, 0.3) is 0 Å². The lowest BCUT2D eigenvalue weighted by atomic mass is 10.2. The van der Waals surface area contributed by atoms with E-state index in [0.717, 1.165) is 4.90 Å². The maximum atomic E-state index is 11.7. The van der Waals surface area contributed by atoms with E-state index in [-0.39, 0.29) is 11.9 Å². The third kappa shape index (κ3) is 4.82. The Morgan fingerprint density at radius 1 is 1.42 bits per heavy atom. The van der Waals surface area contributed by atoms with E-state index < -0.39 is 0 Å². The van der Waals surface area contributed by atoms with E-state index in [1.807, 2.05) is 6.92 Å². The molecule has 0 unspecified atom stereocenters. The first kappa shape index (κ1) is 15.4. The molecule has 0 aliphatic rings. The van der Waals surface area contributed by atoms with Gasteiger partial charge in [0.25, 0.3) is 5.91 Å². The fourth-order valence-corrected chi connectivity index (χ4v) is 2.34. The van der Waals surface area contributed by atoms with Crippen molar-refractivity contribution in [3.05, 3.63) is 23.8 Å². The van der Waals surface area contributed by atoms with E-state index >= 15 is 0 Å². The van der Waals surface area contributed by atoms with Crippen LogP contribution < -0.4 is 11.1 Å². The number of ether oxygens (including phenoxy) is 1. The van der Waals surface area contributed by atoms with Gasteiger partial charge in [-0.25, -0.2) is 0 Å². The fraction of sp³-hybridized carbons (Fsp3) is 0.385. The van der Waals surface area contributed by atoms with Crippen molar-refractivity contribution in [2.24, 2.45) is 0 Å². The zero-order chi connectivity index (χ0) is 14.3. The van der Waals surface area contributed by atoms with E-state index in [2.05, 4.69) is 10.1 Å². The molecule has 0 aromatic heterocycles. The van der Waals surface area contributed by atoms with E-state index in [1.54, 1.807) is 18.2 Å². The van der Waals surface area contributed by atoms with Crippen LogP contribution in [0.5, 0.6) is 0 Å². The molecule has 3 N–H and O–H groups in total. The first-order valence-corrected chi connectivity index (χ1v) is 6.94. The number of benzene rings is 1. The molecule has 1 aromatic rings. The van der Waals surface area contributed by atoms with Gasteiger partial charge in [-0.15, -0.1) is 11.8 Å². The summed E-state index contributed by atoms with van der Waals surface area (Å²) in [6.45, 7) is 2.44. The number of thioether (sulfide) groups is 1. The molecule has 1 amide bonds.